The normalized spacial score (nSPS) is 15.4. The predicted octanol–water partition coefficient (Wildman–Crippen LogP) is 1.67. The fourth-order valence-corrected chi connectivity index (χ4v) is 2.60. The van der Waals surface area contributed by atoms with Gasteiger partial charge in [0.1, 0.15) is 13.2 Å². The van der Waals surface area contributed by atoms with Crippen molar-refractivity contribution in [2.75, 3.05) is 13.2 Å². The molecular formula is C12H13N3O2S. The van der Waals surface area contributed by atoms with Crippen LogP contribution in [0.5, 0.6) is 11.5 Å². The minimum atomic E-state index is -0.221. The van der Waals surface area contributed by atoms with Gasteiger partial charge in [-0.05, 0) is 36.2 Å². The van der Waals surface area contributed by atoms with Gasteiger partial charge in [-0.1, -0.05) is 10.6 Å². The molecule has 0 saturated carbocycles. The van der Waals surface area contributed by atoms with Crippen LogP contribution in [-0.4, -0.2) is 22.8 Å². The van der Waals surface area contributed by atoms with Gasteiger partial charge in [-0.25, -0.2) is 0 Å². The average Bonchev–Trinajstić information content (AvgIpc) is 2.83. The molecule has 0 bridgehead atoms. The molecule has 2 heterocycles. The smallest absolute Gasteiger partial charge is 0.161 e. The van der Waals surface area contributed by atoms with E-state index in [4.69, 9.17) is 15.2 Å². The molecule has 3 rings (SSSR count). The van der Waals surface area contributed by atoms with Crippen LogP contribution in [0.2, 0.25) is 0 Å². The first-order valence-electron chi connectivity index (χ1n) is 5.69. The molecule has 0 saturated heterocycles. The molecule has 1 aromatic carbocycles. The summed E-state index contributed by atoms with van der Waals surface area (Å²) in [6, 6.07) is 5.56. The fourth-order valence-electron chi connectivity index (χ4n) is 1.93. The molecule has 0 fully saturated rings. The third kappa shape index (κ3) is 1.93. The number of nitrogens with zero attached hydrogens (tertiary/aromatic N) is 2. The van der Waals surface area contributed by atoms with Crippen molar-refractivity contribution in [1.82, 2.24) is 9.59 Å². The largest absolute Gasteiger partial charge is 0.486 e. The summed E-state index contributed by atoms with van der Waals surface area (Å²) in [6.07, 6.45) is 0. The number of hydrogen-bond donors (Lipinski definition) is 1. The quantitative estimate of drug-likeness (QED) is 0.892. The molecule has 1 unspecified atom stereocenters. The third-order valence-electron chi connectivity index (χ3n) is 2.89. The second-order valence-corrected chi connectivity index (χ2v) is 4.89. The van der Waals surface area contributed by atoms with E-state index in [1.807, 2.05) is 25.1 Å². The first-order chi connectivity index (χ1) is 8.75. The van der Waals surface area contributed by atoms with E-state index in [0.717, 1.165) is 27.6 Å². The Balaban J connectivity index is 1.95. The lowest BCUT2D eigenvalue weighted by Gasteiger charge is -2.20. The highest BCUT2D eigenvalue weighted by Gasteiger charge is 2.18. The zero-order valence-corrected chi connectivity index (χ0v) is 10.7. The van der Waals surface area contributed by atoms with Gasteiger partial charge in [0.05, 0.1) is 16.6 Å². The molecule has 1 atom stereocenters. The number of benzene rings is 1. The highest BCUT2D eigenvalue weighted by molar-refractivity contribution is 7.05. The minimum Gasteiger partial charge on any atom is -0.486 e. The first kappa shape index (κ1) is 11.4. The van der Waals surface area contributed by atoms with Crippen LogP contribution < -0.4 is 15.2 Å². The lowest BCUT2D eigenvalue weighted by Crippen LogP contribution is -2.17. The summed E-state index contributed by atoms with van der Waals surface area (Å²) in [6.45, 7) is 3.08. The SMILES string of the molecule is Cc1nnsc1C(N)c1ccc2c(c1)OCCO2. The van der Waals surface area contributed by atoms with Gasteiger partial charge >= 0.3 is 0 Å². The molecule has 94 valence electrons. The molecule has 0 radical (unpaired) electrons. The summed E-state index contributed by atoms with van der Waals surface area (Å²) in [7, 11) is 0. The monoisotopic (exact) mass is 263 g/mol. The van der Waals surface area contributed by atoms with Gasteiger partial charge in [-0.2, -0.15) is 0 Å². The van der Waals surface area contributed by atoms with E-state index in [1.54, 1.807) is 0 Å². The van der Waals surface area contributed by atoms with Crippen molar-refractivity contribution >= 4 is 11.5 Å². The van der Waals surface area contributed by atoms with Crippen molar-refractivity contribution in [1.29, 1.82) is 0 Å². The number of aryl methyl sites for hydroxylation is 1. The fraction of sp³-hybridized carbons (Fsp3) is 0.333. The van der Waals surface area contributed by atoms with E-state index in [9.17, 15) is 0 Å². The molecular weight excluding hydrogens is 250 g/mol. The van der Waals surface area contributed by atoms with Crippen LogP contribution in [0, 0.1) is 6.92 Å². The van der Waals surface area contributed by atoms with Crippen molar-refractivity contribution in [3.05, 3.63) is 34.3 Å². The van der Waals surface area contributed by atoms with Gasteiger partial charge in [0, 0.05) is 0 Å². The van der Waals surface area contributed by atoms with Crippen LogP contribution in [0.25, 0.3) is 0 Å². The highest BCUT2D eigenvalue weighted by atomic mass is 32.1. The van der Waals surface area contributed by atoms with Crippen LogP contribution in [0.15, 0.2) is 18.2 Å². The Labute approximate surface area is 109 Å². The average molecular weight is 263 g/mol. The van der Waals surface area contributed by atoms with Gasteiger partial charge in [0.2, 0.25) is 0 Å². The number of hydrogen-bond acceptors (Lipinski definition) is 6. The first-order valence-corrected chi connectivity index (χ1v) is 6.47. The maximum atomic E-state index is 6.23. The summed E-state index contributed by atoms with van der Waals surface area (Å²) < 4.78 is 14.9. The van der Waals surface area contributed by atoms with Gasteiger partial charge in [-0.15, -0.1) is 5.10 Å². The van der Waals surface area contributed by atoms with Gasteiger partial charge < -0.3 is 15.2 Å². The zero-order chi connectivity index (χ0) is 12.5. The van der Waals surface area contributed by atoms with Crippen LogP contribution in [0.4, 0.5) is 0 Å². The summed E-state index contributed by atoms with van der Waals surface area (Å²) >= 11 is 1.33. The zero-order valence-electron chi connectivity index (χ0n) is 9.92. The van der Waals surface area contributed by atoms with Gasteiger partial charge in [-0.3, -0.25) is 0 Å². The number of nitrogens with two attached hydrogens (primary N) is 1. The Kier molecular flexibility index (Phi) is 2.89. The molecule has 2 N–H and O–H groups in total. The van der Waals surface area contributed by atoms with Crippen LogP contribution >= 0.6 is 11.5 Å². The van der Waals surface area contributed by atoms with E-state index < -0.39 is 0 Å². The maximum Gasteiger partial charge on any atom is 0.161 e. The summed E-state index contributed by atoms with van der Waals surface area (Å²) in [5, 5.41) is 3.98. The molecule has 0 aliphatic carbocycles. The van der Waals surface area contributed by atoms with Crippen LogP contribution in [0.3, 0.4) is 0 Å². The molecule has 18 heavy (non-hydrogen) atoms. The van der Waals surface area contributed by atoms with E-state index in [0.29, 0.717) is 13.2 Å². The van der Waals surface area contributed by atoms with Crippen molar-refractivity contribution in [3.63, 3.8) is 0 Å². The summed E-state index contributed by atoms with van der Waals surface area (Å²) in [5.41, 5.74) is 8.09. The molecule has 0 spiro atoms. The van der Waals surface area contributed by atoms with E-state index in [2.05, 4.69) is 9.59 Å². The molecule has 1 aliphatic rings. The van der Waals surface area contributed by atoms with Crippen LogP contribution in [-0.2, 0) is 0 Å². The number of fused-ring (bicyclic) bond motifs is 1. The summed E-state index contributed by atoms with van der Waals surface area (Å²) in [4.78, 5) is 0.978. The van der Waals surface area contributed by atoms with Gasteiger partial charge in [0.25, 0.3) is 0 Å². The number of rotatable bonds is 2. The molecule has 0 amide bonds. The molecule has 1 aliphatic heterocycles. The number of ether oxygens (including phenoxy) is 2. The topological polar surface area (TPSA) is 70.3 Å². The van der Waals surface area contributed by atoms with Crippen molar-refractivity contribution in [2.24, 2.45) is 5.73 Å². The van der Waals surface area contributed by atoms with E-state index in [1.165, 1.54) is 11.5 Å². The van der Waals surface area contributed by atoms with Crippen molar-refractivity contribution in [3.8, 4) is 11.5 Å². The Hall–Kier alpha value is -1.66. The van der Waals surface area contributed by atoms with E-state index >= 15 is 0 Å². The second kappa shape index (κ2) is 4.55. The molecule has 2 aromatic rings. The van der Waals surface area contributed by atoms with Crippen LogP contribution in [0.1, 0.15) is 22.2 Å². The third-order valence-corrected chi connectivity index (χ3v) is 3.80. The van der Waals surface area contributed by atoms with Gasteiger partial charge in [0.15, 0.2) is 11.5 Å². The molecule has 6 heteroatoms. The number of aromatic nitrogens is 2. The maximum absolute atomic E-state index is 6.23. The van der Waals surface area contributed by atoms with Crippen molar-refractivity contribution in [2.45, 2.75) is 13.0 Å². The van der Waals surface area contributed by atoms with E-state index in [-0.39, 0.29) is 6.04 Å². The molecule has 5 nitrogen and oxygen atoms in total. The Morgan fingerprint density at radius 3 is 2.78 bits per heavy atom. The standard InChI is InChI=1S/C12H13N3O2S/c1-7-12(18-15-14-7)11(13)8-2-3-9-10(6-8)17-5-4-16-9/h2-3,6,11H,4-5,13H2,1H3. The second-order valence-electron chi connectivity index (χ2n) is 4.10. The lowest BCUT2D eigenvalue weighted by molar-refractivity contribution is 0.171. The molecule has 1 aromatic heterocycles. The Morgan fingerprint density at radius 2 is 2.06 bits per heavy atom. The Morgan fingerprint density at radius 1 is 1.28 bits per heavy atom. The minimum absolute atomic E-state index is 0.221. The Bertz CT molecular complexity index is 570. The lowest BCUT2D eigenvalue weighted by atomic mass is 10.0. The highest BCUT2D eigenvalue weighted by Crippen LogP contribution is 2.34. The predicted molar refractivity (Wildman–Crippen MR) is 68.1 cm³/mol. The van der Waals surface area contributed by atoms with Crippen molar-refractivity contribution < 1.29 is 9.47 Å². The summed E-state index contributed by atoms with van der Waals surface area (Å²) in [5.74, 6) is 1.53.